The topological polar surface area (TPSA) is 119 Å². The lowest BCUT2D eigenvalue weighted by Crippen LogP contribution is -2.44. The van der Waals surface area contributed by atoms with Crippen molar-refractivity contribution in [1.82, 2.24) is 9.62 Å². The molecule has 0 aliphatic carbocycles. The average Bonchev–Trinajstić information content (AvgIpc) is 2.61. The second-order valence-corrected chi connectivity index (χ2v) is 7.96. The Hall–Kier alpha value is -2.13. The van der Waals surface area contributed by atoms with Gasteiger partial charge in [0.2, 0.25) is 15.9 Å². The first-order valence-corrected chi connectivity index (χ1v) is 9.64. The number of nitrogens with zero attached hydrogens (tertiary/aromatic N) is 1. The number of benzene rings is 1. The summed E-state index contributed by atoms with van der Waals surface area (Å²) in [5, 5.41) is 2.60. The first kappa shape index (κ1) is 19.2. The Bertz CT molecular complexity index is 710. The van der Waals surface area contributed by atoms with Crippen LogP contribution in [0.2, 0.25) is 0 Å². The minimum Gasteiger partial charge on any atom is -0.497 e. The number of hydrogen-bond acceptors (Lipinski definition) is 5. The molecule has 1 saturated heterocycles. The summed E-state index contributed by atoms with van der Waals surface area (Å²) >= 11 is 0. The molecule has 2 amide bonds. The highest BCUT2D eigenvalue weighted by molar-refractivity contribution is 7.89. The summed E-state index contributed by atoms with van der Waals surface area (Å²) in [6.45, 7) is 0.577. The Labute approximate surface area is 147 Å². The van der Waals surface area contributed by atoms with E-state index in [9.17, 15) is 18.0 Å². The predicted octanol–water partition coefficient (Wildman–Crippen LogP) is -0.0479. The molecule has 25 heavy (non-hydrogen) atoms. The van der Waals surface area contributed by atoms with E-state index in [1.807, 2.05) is 0 Å². The van der Waals surface area contributed by atoms with Crippen LogP contribution in [0.4, 0.5) is 0 Å². The van der Waals surface area contributed by atoms with Crippen LogP contribution in [0.15, 0.2) is 24.3 Å². The molecule has 0 radical (unpaired) electrons. The molecular weight excluding hydrogens is 346 g/mol. The number of piperidine rings is 1. The third-order valence-corrected chi connectivity index (χ3v) is 6.12. The van der Waals surface area contributed by atoms with Crippen molar-refractivity contribution in [3.63, 3.8) is 0 Å². The van der Waals surface area contributed by atoms with Gasteiger partial charge in [0.25, 0.3) is 5.91 Å². The van der Waals surface area contributed by atoms with Crippen molar-refractivity contribution in [2.24, 2.45) is 11.7 Å². The summed E-state index contributed by atoms with van der Waals surface area (Å²) in [6.07, 6.45) is 0.875. The first-order valence-electron chi connectivity index (χ1n) is 8.03. The minimum atomic E-state index is -3.47. The Morgan fingerprint density at radius 2 is 1.84 bits per heavy atom. The normalized spacial score (nSPS) is 16.4. The average molecular weight is 369 g/mol. The predicted molar refractivity (Wildman–Crippen MR) is 92.6 cm³/mol. The van der Waals surface area contributed by atoms with Gasteiger partial charge in [-0.25, -0.2) is 12.7 Å². The number of methoxy groups -OCH3 is 1. The Kier molecular flexibility index (Phi) is 6.38. The number of sulfonamides is 1. The summed E-state index contributed by atoms with van der Waals surface area (Å²) in [7, 11) is -1.94. The van der Waals surface area contributed by atoms with E-state index < -0.39 is 10.0 Å². The molecule has 0 saturated carbocycles. The highest BCUT2D eigenvalue weighted by atomic mass is 32.2. The fourth-order valence-corrected chi connectivity index (χ4v) is 4.07. The minimum absolute atomic E-state index is 0.0168. The van der Waals surface area contributed by atoms with Crippen LogP contribution in [0.5, 0.6) is 5.75 Å². The second-order valence-electron chi connectivity index (χ2n) is 5.88. The van der Waals surface area contributed by atoms with Crippen LogP contribution in [0, 0.1) is 5.92 Å². The molecule has 1 aromatic carbocycles. The van der Waals surface area contributed by atoms with E-state index in [1.54, 1.807) is 24.3 Å². The molecule has 0 unspecified atom stereocenters. The van der Waals surface area contributed by atoms with Crippen LogP contribution in [0.1, 0.15) is 23.2 Å². The van der Waals surface area contributed by atoms with Gasteiger partial charge in [-0.2, -0.15) is 0 Å². The molecule has 0 atom stereocenters. The molecule has 9 heteroatoms. The zero-order chi connectivity index (χ0) is 18.4. The number of primary amides is 1. The molecular formula is C16H23N3O5S. The fraction of sp³-hybridized carbons (Fsp3) is 0.500. The molecule has 3 N–H and O–H groups in total. The third-order valence-electron chi connectivity index (χ3n) is 4.25. The molecule has 1 heterocycles. The number of nitrogens with two attached hydrogens (primary N) is 1. The largest absolute Gasteiger partial charge is 0.497 e. The van der Waals surface area contributed by atoms with Gasteiger partial charge in [0.05, 0.1) is 12.9 Å². The highest BCUT2D eigenvalue weighted by Crippen LogP contribution is 2.19. The van der Waals surface area contributed by atoms with Gasteiger partial charge in [-0.3, -0.25) is 9.59 Å². The number of hydrogen-bond donors (Lipinski definition) is 2. The van der Waals surface area contributed by atoms with Gasteiger partial charge in [0, 0.05) is 31.1 Å². The van der Waals surface area contributed by atoms with E-state index in [2.05, 4.69) is 5.32 Å². The zero-order valence-corrected chi connectivity index (χ0v) is 14.9. The van der Waals surface area contributed by atoms with Crippen LogP contribution in [0.25, 0.3) is 0 Å². The van der Waals surface area contributed by atoms with Crippen LogP contribution in [-0.2, 0) is 14.8 Å². The summed E-state index contributed by atoms with van der Waals surface area (Å²) in [6, 6.07) is 6.54. The number of nitrogens with one attached hydrogen (secondary N) is 1. The van der Waals surface area contributed by atoms with E-state index in [0.717, 1.165) is 0 Å². The van der Waals surface area contributed by atoms with Crippen molar-refractivity contribution in [3.8, 4) is 5.75 Å². The summed E-state index contributed by atoms with van der Waals surface area (Å²) in [5.41, 5.74) is 5.68. The van der Waals surface area contributed by atoms with Crippen molar-refractivity contribution in [1.29, 1.82) is 0 Å². The summed E-state index contributed by atoms with van der Waals surface area (Å²) in [4.78, 5) is 23.1. The molecule has 8 nitrogen and oxygen atoms in total. The van der Waals surface area contributed by atoms with E-state index in [-0.39, 0.29) is 43.1 Å². The number of carbonyl (C=O) groups excluding carboxylic acids is 2. The van der Waals surface area contributed by atoms with Gasteiger partial charge in [-0.05, 0) is 37.1 Å². The summed E-state index contributed by atoms with van der Waals surface area (Å²) < 4.78 is 31.0. The van der Waals surface area contributed by atoms with E-state index in [0.29, 0.717) is 24.2 Å². The standard InChI is InChI=1S/C16H23N3O5S/c1-24-14-4-2-13(3-5-14)16(21)18-8-11-25(22,23)19-9-6-12(7-10-19)15(17)20/h2-5,12H,6-11H2,1H3,(H2,17,20)(H,18,21). The van der Waals surface area contributed by atoms with Crippen molar-refractivity contribution >= 4 is 21.8 Å². The smallest absolute Gasteiger partial charge is 0.251 e. The molecule has 1 aliphatic heterocycles. The van der Waals surface area contributed by atoms with Crippen LogP contribution in [-0.4, -0.2) is 57.0 Å². The quantitative estimate of drug-likeness (QED) is 0.699. The Balaban J connectivity index is 1.81. The lowest BCUT2D eigenvalue weighted by molar-refractivity contribution is -0.122. The fourth-order valence-electron chi connectivity index (χ4n) is 2.69. The SMILES string of the molecule is COc1ccc(C(=O)NCCS(=O)(=O)N2CCC(C(N)=O)CC2)cc1. The van der Waals surface area contributed by atoms with Gasteiger partial charge in [-0.1, -0.05) is 0 Å². The van der Waals surface area contributed by atoms with Crippen molar-refractivity contribution in [2.75, 3.05) is 32.5 Å². The second kappa shape index (κ2) is 8.30. The lowest BCUT2D eigenvalue weighted by atomic mass is 9.98. The molecule has 2 rings (SSSR count). The maximum absolute atomic E-state index is 12.3. The van der Waals surface area contributed by atoms with Gasteiger partial charge in [0.15, 0.2) is 0 Å². The van der Waals surface area contributed by atoms with E-state index in [1.165, 1.54) is 11.4 Å². The monoisotopic (exact) mass is 369 g/mol. The molecule has 1 fully saturated rings. The van der Waals surface area contributed by atoms with Gasteiger partial charge < -0.3 is 15.8 Å². The van der Waals surface area contributed by atoms with Gasteiger partial charge >= 0.3 is 0 Å². The van der Waals surface area contributed by atoms with E-state index in [4.69, 9.17) is 10.5 Å². The first-order chi connectivity index (χ1) is 11.8. The molecule has 1 aliphatic rings. The van der Waals surface area contributed by atoms with Crippen LogP contribution >= 0.6 is 0 Å². The van der Waals surface area contributed by atoms with Crippen molar-refractivity contribution < 1.29 is 22.7 Å². The van der Waals surface area contributed by atoms with Crippen molar-refractivity contribution in [3.05, 3.63) is 29.8 Å². The third kappa shape index (κ3) is 5.17. The lowest BCUT2D eigenvalue weighted by Gasteiger charge is -2.29. The highest BCUT2D eigenvalue weighted by Gasteiger charge is 2.29. The van der Waals surface area contributed by atoms with Crippen LogP contribution in [0.3, 0.4) is 0 Å². The number of amides is 2. The van der Waals surface area contributed by atoms with Gasteiger partial charge in [0.1, 0.15) is 5.75 Å². The molecule has 0 aromatic heterocycles. The summed E-state index contributed by atoms with van der Waals surface area (Å²) in [5.74, 6) is -0.537. The number of ether oxygens (including phenoxy) is 1. The van der Waals surface area contributed by atoms with Gasteiger partial charge in [-0.15, -0.1) is 0 Å². The number of carbonyl (C=O) groups is 2. The number of rotatable bonds is 7. The molecule has 1 aromatic rings. The van der Waals surface area contributed by atoms with Crippen LogP contribution < -0.4 is 15.8 Å². The molecule has 0 bridgehead atoms. The van der Waals surface area contributed by atoms with Crippen molar-refractivity contribution in [2.45, 2.75) is 12.8 Å². The Morgan fingerprint density at radius 3 is 2.36 bits per heavy atom. The molecule has 0 spiro atoms. The van der Waals surface area contributed by atoms with E-state index >= 15 is 0 Å². The maximum Gasteiger partial charge on any atom is 0.251 e. The molecule has 138 valence electrons. The zero-order valence-electron chi connectivity index (χ0n) is 14.1. The maximum atomic E-state index is 12.3. The Morgan fingerprint density at radius 1 is 1.24 bits per heavy atom.